The maximum atomic E-state index is 15.6. The van der Waals surface area contributed by atoms with Crippen LogP contribution < -0.4 is 15.6 Å². The lowest BCUT2D eigenvalue weighted by Crippen LogP contribution is -2.49. The quantitative estimate of drug-likeness (QED) is 0.637. The van der Waals surface area contributed by atoms with Crippen molar-refractivity contribution in [1.82, 2.24) is 9.88 Å². The number of halogens is 1. The highest BCUT2D eigenvalue weighted by Gasteiger charge is 2.39. The van der Waals surface area contributed by atoms with Crippen LogP contribution in [0.4, 0.5) is 14.9 Å². The topological polar surface area (TPSA) is 101 Å². The van der Waals surface area contributed by atoms with Gasteiger partial charge >= 0.3 is 12.1 Å². The van der Waals surface area contributed by atoms with Gasteiger partial charge < -0.3 is 24.6 Å². The summed E-state index contributed by atoms with van der Waals surface area (Å²) in [6.45, 7) is 9.62. The first-order chi connectivity index (χ1) is 16.3. The molecule has 1 aromatic carbocycles. The van der Waals surface area contributed by atoms with Crippen LogP contribution in [0.25, 0.3) is 10.9 Å². The van der Waals surface area contributed by atoms with Crippen molar-refractivity contribution < 1.29 is 23.8 Å². The molecule has 35 heavy (non-hydrogen) atoms. The average Bonchev–Trinajstić information content (AvgIpc) is 3.50. The van der Waals surface area contributed by atoms with Gasteiger partial charge in [0, 0.05) is 25.3 Å². The van der Waals surface area contributed by atoms with Crippen LogP contribution in [0.1, 0.15) is 75.8 Å². The second-order valence-electron chi connectivity index (χ2n) is 10.5. The largest absolute Gasteiger partial charge is 0.477 e. The molecule has 1 unspecified atom stereocenters. The Bertz CT molecular complexity index is 1340. The molecular weight excluding hydrogens is 453 g/mol. The molecule has 9 heteroatoms. The van der Waals surface area contributed by atoms with Crippen LogP contribution in [0.15, 0.2) is 17.1 Å². The summed E-state index contributed by atoms with van der Waals surface area (Å²) in [5, 5.41) is 12.4. The van der Waals surface area contributed by atoms with Crippen molar-refractivity contribution in [1.29, 1.82) is 0 Å². The highest BCUT2D eigenvalue weighted by atomic mass is 19.1. The number of pyridine rings is 1. The Morgan fingerprint density at radius 3 is 2.57 bits per heavy atom. The first-order valence-corrected chi connectivity index (χ1v) is 11.7. The normalized spacial score (nSPS) is 19.9. The van der Waals surface area contributed by atoms with Crippen molar-refractivity contribution >= 4 is 28.7 Å². The number of benzene rings is 1. The number of hydrogen-bond donors (Lipinski definition) is 2. The van der Waals surface area contributed by atoms with Crippen LogP contribution >= 0.6 is 0 Å². The van der Waals surface area contributed by atoms with Gasteiger partial charge in [0.15, 0.2) is 0 Å². The van der Waals surface area contributed by atoms with E-state index < -0.39 is 34.4 Å². The molecule has 8 nitrogen and oxygen atoms in total. The van der Waals surface area contributed by atoms with E-state index in [1.54, 1.807) is 32.3 Å². The van der Waals surface area contributed by atoms with E-state index in [9.17, 15) is 19.5 Å². The molecule has 2 heterocycles. The van der Waals surface area contributed by atoms with E-state index in [2.05, 4.69) is 17.2 Å². The summed E-state index contributed by atoms with van der Waals surface area (Å²) in [4.78, 5) is 38.9. The molecular formula is C26H30FN3O5. The molecule has 1 aliphatic heterocycles. The Morgan fingerprint density at radius 2 is 2.00 bits per heavy atom. The van der Waals surface area contributed by atoms with Crippen LogP contribution in [-0.2, 0) is 4.74 Å². The molecule has 1 saturated heterocycles. The number of rotatable bonds is 4. The third-order valence-corrected chi connectivity index (χ3v) is 6.25. The van der Waals surface area contributed by atoms with Gasteiger partial charge in [-0.2, -0.15) is 0 Å². The minimum Gasteiger partial charge on any atom is -0.477 e. The third-order valence-electron chi connectivity index (χ3n) is 6.25. The SMILES string of the molecule is CC#Cc1c(N2CCC(C)(NC(=O)OC(C)(C)C)C2)c(F)cc2c(=O)c(C(=O)O)cn(C3CC3)c12. The monoisotopic (exact) mass is 483 g/mol. The molecule has 0 bridgehead atoms. The smallest absolute Gasteiger partial charge is 0.408 e. The Morgan fingerprint density at radius 1 is 1.31 bits per heavy atom. The number of carboxylic acid groups (broad SMARTS) is 1. The fraction of sp³-hybridized carbons (Fsp3) is 0.500. The van der Waals surface area contributed by atoms with Crippen LogP contribution in [0, 0.1) is 17.7 Å². The summed E-state index contributed by atoms with van der Waals surface area (Å²) in [5.41, 5.74) is -1.38. The lowest BCUT2D eigenvalue weighted by Gasteiger charge is -2.29. The number of amides is 1. The summed E-state index contributed by atoms with van der Waals surface area (Å²) < 4.78 is 22.8. The molecule has 2 fully saturated rings. The Hall–Kier alpha value is -3.54. The lowest BCUT2D eigenvalue weighted by molar-refractivity contribution is 0.0473. The van der Waals surface area contributed by atoms with E-state index in [1.807, 2.05) is 11.8 Å². The summed E-state index contributed by atoms with van der Waals surface area (Å²) >= 11 is 0. The van der Waals surface area contributed by atoms with Gasteiger partial charge in [-0.3, -0.25) is 4.79 Å². The Labute approximate surface area is 203 Å². The third kappa shape index (κ3) is 4.83. The van der Waals surface area contributed by atoms with Crippen molar-refractivity contribution in [3.05, 3.63) is 39.4 Å². The summed E-state index contributed by atoms with van der Waals surface area (Å²) in [6.07, 6.45) is 3.04. The molecule has 1 aliphatic carbocycles. The number of hydrogen-bond acceptors (Lipinski definition) is 5. The van der Waals surface area contributed by atoms with Crippen molar-refractivity contribution in [2.75, 3.05) is 18.0 Å². The predicted molar refractivity (Wildman–Crippen MR) is 131 cm³/mol. The number of ether oxygens (including phenoxy) is 1. The zero-order chi connectivity index (χ0) is 25.7. The number of alkyl carbamates (subject to hydrolysis) is 1. The maximum absolute atomic E-state index is 15.6. The zero-order valence-corrected chi connectivity index (χ0v) is 20.6. The second-order valence-corrected chi connectivity index (χ2v) is 10.5. The fourth-order valence-electron chi connectivity index (χ4n) is 4.63. The molecule has 1 saturated carbocycles. The van der Waals surface area contributed by atoms with Gasteiger partial charge in [0.25, 0.3) is 0 Å². The number of aromatic carboxylic acids is 1. The zero-order valence-electron chi connectivity index (χ0n) is 20.6. The van der Waals surface area contributed by atoms with Crippen LogP contribution in [0.2, 0.25) is 0 Å². The van der Waals surface area contributed by atoms with E-state index in [0.29, 0.717) is 30.6 Å². The molecule has 4 rings (SSSR count). The molecule has 0 spiro atoms. The number of aromatic nitrogens is 1. The second kappa shape index (κ2) is 8.59. The Kier molecular flexibility index (Phi) is 6.04. The van der Waals surface area contributed by atoms with Gasteiger partial charge in [-0.15, -0.1) is 5.92 Å². The average molecular weight is 484 g/mol. The molecule has 1 aromatic heterocycles. The molecule has 2 aromatic rings. The molecule has 1 amide bonds. The van der Waals surface area contributed by atoms with E-state index in [-0.39, 0.29) is 22.7 Å². The number of carboxylic acids is 1. The van der Waals surface area contributed by atoms with Gasteiger partial charge in [-0.25, -0.2) is 14.0 Å². The van der Waals surface area contributed by atoms with Crippen molar-refractivity contribution in [2.45, 2.75) is 71.1 Å². The van der Waals surface area contributed by atoms with Gasteiger partial charge in [0.1, 0.15) is 17.0 Å². The molecule has 2 aliphatic rings. The van der Waals surface area contributed by atoms with Gasteiger partial charge in [-0.05, 0) is 59.9 Å². The van der Waals surface area contributed by atoms with Gasteiger partial charge in [-0.1, -0.05) is 5.92 Å². The van der Waals surface area contributed by atoms with Gasteiger partial charge in [0.05, 0.1) is 27.7 Å². The van der Waals surface area contributed by atoms with E-state index in [0.717, 1.165) is 18.9 Å². The number of anilines is 1. The number of nitrogens with zero attached hydrogens (tertiary/aromatic N) is 2. The van der Waals surface area contributed by atoms with Crippen LogP contribution in [-0.4, -0.2) is 46.0 Å². The fourth-order valence-corrected chi connectivity index (χ4v) is 4.63. The first-order valence-electron chi connectivity index (χ1n) is 11.7. The molecule has 1 atom stereocenters. The Balaban J connectivity index is 1.82. The van der Waals surface area contributed by atoms with E-state index in [1.165, 1.54) is 6.20 Å². The minimum atomic E-state index is -1.34. The van der Waals surface area contributed by atoms with Crippen molar-refractivity contribution in [3.63, 3.8) is 0 Å². The number of fused-ring (bicyclic) bond motifs is 1. The van der Waals surface area contributed by atoms with Crippen molar-refractivity contribution in [3.8, 4) is 11.8 Å². The molecule has 186 valence electrons. The summed E-state index contributed by atoms with van der Waals surface area (Å²) in [6, 6.07) is 1.15. The van der Waals surface area contributed by atoms with Crippen LogP contribution in [0.3, 0.4) is 0 Å². The maximum Gasteiger partial charge on any atom is 0.408 e. The number of nitrogens with one attached hydrogen (secondary N) is 1. The summed E-state index contributed by atoms with van der Waals surface area (Å²) in [5.74, 6) is 3.81. The molecule has 0 radical (unpaired) electrons. The highest BCUT2D eigenvalue weighted by Crippen LogP contribution is 2.41. The van der Waals surface area contributed by atoms with Crippen LogP contribution in [0.5, 0.6) is 0 Å². The molecule has 2 N–H and O–H groups in total. The van der Waals surface area contributed by atoms with Gasteiger partial charge in [0.2, 0.25) is 5.43 Å². The van der Waals surface area contributed by atoms with E-state index in [4.69, 9.17) is 4.74 Å². The first kappa shape index (κ1) is 24.6. The predicted octanol–water partition coefficient (Wildman–Crippen LogP) is 4.04. The lowest BCUT2D eigenvalue weighted by atomic mass is 10.0. The number of carbonyl (C=O) groups excluding carboxylic acids is 1. The standard InChI is InChI=1S/C26H30FN3O5/c1-6-7-16-20-17(22(31)18(23(32)33)13-30(20)15-8-9-15)12-19(27)21(16)29-11-10-26(5,14-29)28-24(34)35-25(2,3)4/h12-13,15H,8-11,14H2,1-5H3,(H,28,34)(H,32,33). The summed E-state index contributed by atoms with van der Waals surface area (Å²) in [7, 11) is 0. The van der Waals surface area contributed by atoms with Crippen molar-refractivity contribution in [2.24, 2.45) is 0 Å². The highest BCUT2D eigenvalue weighted by molar-refractivity contribution is 5.97. The van der Waals surface area contributed by atoms with E-state index >= 15 is 4.39 Å². The minimum absolute atomic E-state index is 0.00430. The number of carbonyl (C=O) groups is 2.